The molecule has 1 aromatic rings. The van der Waals surface area contributed by atoms with Crippen LogP contribution < -0.4 is 0 Å². The summed E-state index contributed by atoms with van der Waals surface area (Å²) in [6.07, 6.45) is 0.425. The van der Waals surface area contributed by atoms with Crippen molar-refractivity contribution in [2.24, 2.45) is 0 Å². The molecule has 1 atom stereocenters. The SMILES string of the molecule is O=CC(=O)C1c2ccccc2CN1CCBr. The molecule has 4 heteroatoms. The third-order valence-electron chi connectivity index (χ3n) is 2.85. The topological polar surface area (TPSA) is 37.4 Å². The van der Waals surface area contributed by atoms with Crippen molar-refractivity contribution >= 4 is 28.0 Å². The van der Waals surface area contributed by atoms with Crippen LogP contribution in [0.3, 0.4) is 0 Å². The molecule has 0 saturated carbocycles. The number of Topliss-reactive ketones (excluding diaryl/α,β-unsaturated/α-hetero) is 1. The average Bonchev–Trinajstić information content (AvgIpc) is 2.66. The highest BCUT2D eigenvalue weighted by Crippen LogP contribution is 2.33. The van der Waals surface area contributed by atoms with Crippen molar-refractivity contribution in [2.75, 3.05) is 11.9 Å². The highest BCUT2D eigenvalue weighted by atomic mass is 79.9. The molecule has 1 aliphatic heterocycles. The summed E-state index contributed by atoms with van der Waals surface area (Å²) in [4.78, 5) is 24.3. The number of carbonyl (C=O) groups is 2. The van der Waals surface area contributed by atoms with E-state index in [-0.39, 0.29) is 11.8 Å². The van der Waals surface area contributed by atoms with Gasteiger partial charge in [0.15, 0.2) is 6.29 Å². The second kappa shape index (κ2) is 4.89. The number of fused-ring (bicyclic) bond motifs is 1. The fourth-order valence-corrected chi connectivity index (χ4v) is 2.62. The van der Waals surface area contributed by atoms with E-state index in [0.717, 1.165) is 29.5 Å². The largest absolute Gasteiger partial charge is 0.295 e. The summed E-state index contributed by atoms with van der Waals surface area (Å²) in [5, 5.41) is 0.795. The summed E-state index contributed by atoms with van der Waals surface area (Å²) in [5.74, 6) is -0.356. The van der Waals surface area contributed by atoms with E-state index in [0.29, 0.717) is 6.29 Å². The molecule has 0 saturated heterocycles. The monoisotopic (exact) mass is 281 g/mol. The number of hydrogen-bond donors (Lipinski definition) is 0. The predicted molar refractivity (Wildman–Crippen MR) is 64.5 cm³/mol. The highest BCUT2D eigenvalue weighted by Gasteiger charge is 2.34. The van der Waals surface area contributed by atoms with Gasteiger partial charge in [-0.1, -0.05) is 40.2 Å². The molecule has 0 amide bonds. The molecule has 0 aromatic heterocycles. The second-order valence-electron chi connectivity index (χ2n) is 3.78. The zero-order valence-corrected chi connectivity index (χ0v) is 10.3. The number of benzene rings is 1. The van der Waals surface area contributed by atoms with Gasteiger partial charge in [-0.05, 0) is 11.1 Å². The minimum Gasteiger partial charge on any atom is -0.295 e. The molecule has 2 rings (SSSR count). The van der Waals surface area contributed by atoms with E-state index in [2.05, 4.69) is 15.9 Å². The lowest BCUT2D eigenvalue weighted by Gasteiger charge is -2.20. The molecule has 1 aromatic carbocycles. The van der Waals surface area contributed by atoms with Gasteiger partial charge >= 0.3 is 0 Å². The molecule has 0 bridgehead atoms. The summed E-state index contributed by atoms with van der Waals surface area (Å²) in [5.41, 5.74) is 2.12. The second-order valence-corrected chi connectivity index (χ2v) is 4.57. The minimum absolute atomic E-state index is 0.356. The fourth-order valence-electron chi connectivity index (χ4n) is 2.17. The van der Waals surface area contributed by atoms with Gasteiger partial charge in [-0.25, -0.2) is 0 Å². The molecule has 0 N–H and O–H groups in total. The number of aldehydes is 1. The normalized spacial score (nSPS) is 19.4. The molecule has 84 valence electrons. The molecule has 0 aliphatic carbocycles. The third-order valence-corrected chi connectivity index (χ3v) is 3.20. The van der Waals surface area contributed by atoms with Crippen molar-refractivity contribution in [3.63, 3.8) is 0 Å². The molecule has 0 spiro atoms. The van der Waals surface area contributed by atoms with Gasteiger partial charge in [0.25, 0.3) is 0 Å². The lowest BCUT2D eigenvalue weighted by Crippen LogP contribution is -2.30. The molecule has 16 heavy (non-hydrogen) atoms. The number of alkyl halides is 1. The van der Waals surface area contributed by atoms with Crippen LogP contribution in [0.15, 0.2) is 24.3 Å². The first-order valence-corrected chi connectivity index (χ1v) is 6.27. The average molecular weight is 282 g/mol. The Morgan fingerprint density at radius 1 is 1.50 bits per heavy atom. The summed E-state index contributed by atoms with van der Waals surface area (Å²) < 4.78 is 0. The van der Waals surface area contributed by atoms with Crippen LogP contribution >= 0.6 is 15.9 Å². The summed E-state index contributed by atoms with van der Waals surface area (Å²) >= 11 is 3.36. The van der Waals surface area contributed by atoms with E-state index >= 15 is 0 Å². The molecule has 1 unspecified atom stereocenters. The van der Waals surface area contributed by atoms with Crippen molar-refractivity contribution in [2.45, 2.75) is 12.6 Å². The van der Waals surface area contributed by atoms with Crippen LogP contribution in [0.4, 0.5) is 0 Å². The van der Waals surface area contributed by atoms with Gasteiger partial charge < -0.3 is 0 Å². The van der Waals surface area contributed by atoms with Crippen molar-refractivity contribution in [1.29, 1.82) is 0 Å². The van der Waals surface area contributed by atoms with Gasteiger partial charge in [-0.15, -0.1) is 0 Å². The lowest BCUT2D eigenvalue weighted by atomic mass is 10.0. The molecular weight excluding hydrogens is 270 g/mol. The standard InChI is InChI=1S/C12H12BrNO2/c13-5-6-14-7-9-3-1-2-4-10(9)12(14)11(16)8-15/h1-4,8,12H,5-7H2. The van der Waals surface area contributed by atoms with Crippen LogP contribution in [0, 0.1) is 0 Å². The van der Waals surface area contributed by atoms with Gasteiger partial charge in [-0.3, -0.25) is 14.5 Å². The first kappa shape index (κ1) is 11.5. The Morgan fingerprint density at radius 2 is 2.25 bits per heavy atom. The molecule has 0 fully saturated rings. The van der Waals surface area contributed by atoms with Crippen molar-refractivity contribution in [1.82, 2.24) is 4.90 Å². The van der Waals surface area contributed by atoms with E-state index in [1.807, 2.05) is 29.2 Å². The Hall–Kier alpha value is -1.00. The molecular formula is C12H12BrNO2. The molecule has 1 heterocycles. The van der Waals surface area contributed by atoms with Gasteiger partial charge in [0.1, 0.15) is 6.04 Å². The maximum atomic E-state index is 11.6. The van der Waals surface area contributed by atoms with Gasteiger partial charge in [0.05, 0.1) is 0 Å². The van der Waals surface area contributed by atoms with Gasteiger partial charge in [0.2, 0.25) is 5.78 Å². The molecule has 0 radical (unpaired) electrons. The Balaban J connectivity index is 2.35. The fraction of sp³-hybridized carbons (Fsp3) is 0.333. The van der Waals surface area contributed by atoms with E-state index in [9.17, 15) is 9.59 Å². The van der Waals surface area contributed by atoms with Crippen LogP contribution in [0.1, 0.15) is 17.2 Å². The first-order valence-electron chi connectivity index (χ1n) is 5.14. The Labute approximate surface area is 103 Å². The van der Waals surface area contributed by atoms with Crippen molar-refractivity contribution in [3.8, 4) is 0 Å². The van der Waals surface area contributed by atoms with E-state index in [4.69, 9.17) is 0 Å². The van der Waals surface area contributed by atoms with E-state index < -0.39 is 0 Å². The van der Waals surface area contributed by atoms with Crippen LogP contribution in [-0.2, 0) is 16.1 Å². The zero-order valence-electron chi connectivity index (χ0n) is 8.73. The quantitative estimate of drug-likeness (QED) is 0.479. The number of halogens is 1. The summed E-state index contributed by atoms with van der Waals surface area (Å²) in [7, 11) is 0. The Kier molecular flexibility index (Phi) is 3.51. The number of rotatable bonds is 4. The summed E-state index contributed by atoms with van der Waals surface area (Å²) in [6, 6.07) is 7.41. The predicted octanol–water partition coefficient (Wildman–Crippen LogP) is 1.71. The van der Waals surface area contributed by atoms with E-state index in [1.165, 1.54) is 0 Å². The minimum atomic E-state index is -0.383. The van der Waals surface area contributed by atoms with Crippen LogP contribution in [-0.4, -0.2) is 28.8 Å². The molecule has 1 aliphatic rings. The Morgan fingerprint density at radius 3 is 2.94 bits per heavy atom. The van der Waals surface area contributed by atoms with Crippen LogP contribution in [0.2, 0.25) is 0 Å². The molecule has 3 nitrogen and oxygen atoms in total. The highest BCUT2D eigenvalue weighted by molar-refractivity contribution is 9.09. The third kappa shape index (κ3) is 1.95. The maximum Gasteiger partial charge on any atom is 0.216 e. The number of ketones is 1. The number of nitrogens with zero attached hydrogens (tertiary/aromatic N) is 1. The Bertz CT molecular complexity index is 419. The maximum absolute atomic E-state index is 11.6. The number of carbonyl (C=O) groups excluding carboxylic acids is 2. The lowest BCUT2D eigenvalue weighted by molar-refractivity contribution is -0.133. The van der Waals surface area contributed by atoms with Crippen molar-refractivity contribution < 1.29 is 9.59 Å². The van der Waals surface area contributed by atoms with Crippen molar-refractivity contribution in [3.05, 3.63) is 35.4 Å². The zero-order chi connectivity index (χ0) is 11.5. The summed E-state index contributed by atoms with van der Waals surface area (Å²) in [6.45, 7) is 1.50. The van der Waals surface area contributed by atoms with Crippen LogP contribution in [0.5, 0.6) is 0 Å². The van der Waals surface area contributed by atoms with Gasteiger partial charge in [-0.2, -0.15) is 0 Å². The van der Waals surface area contributed by atoms with Gasteiger partial charge in [0, 0.05) is 18.4 Å². The van der Waals surface area contributed by atoms with Crippen LogP contribution in [0.25, 0.3) is 0 Å². The number of hydrogen-bond acceptors (Lipinski definition) is 3. The first-order chi connectivity index (χ1) is 7.77. The smallest absolute Gasteiger partial charge is 0.216 e. The van der Waals surface area contributed by atoms with E-state index in [1.54, 1.807) is 0 Å².